The second kappa shape index (κ2) is 6.00. The first kappa shape index (κ1) is 14.0. The van der Waals surface area contributed by atoms with Gasteiger partial charge in [0.2, 0.25) is 0 Å². The summed E-state index contributed by atoms with van der Waals surface area (Å²) in [6.07, 6.45) is 0. The number of hydrogen-bond acceptors (Lipinski definition) is 3. The molecule has 17 heavy (non-hydrogen) atoms. The molecule has 3 nitrogen and oxygen atoms in total. The van der Waals surface area contributed by atoms with E-state index in [0.717, 1.165) is 5.56 Å². The highest BCUT2D eigenvalue weighted by Gasteiger charge is 2.15. The summed E-state index contributed by atoms with van der Waals surface area (Å²) in [5.74, 6) is -0.718. The number of ether oxygens (including phenoxy) is 1. The minimum absolute atomic E-state index is 0.332. The smallest absolute Gasteiger partial charge is 0.328 e. The van der Waals surface area contributed by atoms with E-state index in [4.69, 9.17) is 4.74 Å². The number of carbonyl (C=O) groups is 1. The summed E-state index contributed by atoms with van der Waals surface area (Å²) in [7, 11) is 0. The normalized spacial score (nSPS) is 12.1. The van der Waals surface area contributed by atoms with Crippen LogP contribution in [-0.4, -0.2) is 18.6 Å². The van der Waals surface area contributed by atoms with Gasteiger partial charge in [0.15, 0.2) is 0 Å². The van der Waals surface area contributed by atoms with E-state index < -0.39 is 6.04 Å². The number of hydrogen-bond donors (Lipinski definition) is 1. The van der Waals surface area contributed by atoms with Crippen LogP contribution in [0.3, 0.4) is 0 Å². The first-order valence-electron chi connectivity index (χ1n) is 5.34. The molecule has 1 aromatic carbocycles. The van der Waals surface area contributed by atoms with Crippen LogP contribution in [0.5, 0.6) is 0 Å². The van der Waals surface area contributed by atoms with Crippen LogP contribution in [0.1, 0.15) is 19.4 Å². The number of rotatable bonds is 4. The van der Waals surface area contributed by atoms with Gasteiger partial charge in [-0.3, -0.25) is 0 Å². The summed E-state index contributed by atoms with van der Waals surface area (Å²) >= 11 is 3.11. The van der Waals surface area contributed by atoms with E-state index in [9.17, 15) is 9.18 Å². The zero-order chi connectivity index (χ0) is 13.0. The molecular formula is C12H15BrFNO2. The van der Waals surface area contributed by atoms with Crippen LogP contribution in [-0.2, 0) is 9.53 Å². The van der Waals surface area contributed by atoms with Gasteiger partial charge in [0.1, 0.15) is 11.9 Å². The Hall–Kier alpha value is -1.10. The van der Waals surface area contributed by atoms with E-state index in [0.29, 0.717) is 16.8 Å². The molecular weight excluding hydrogens is 289 g/mol. The molecule has 5 heteroatoms. The molecule has 0 bridgehead atoms. The third kappa shape index (κ3) is 3.70. The van der Waals surface area contributed by atoms with Crippen LogP contribution in [0, 0.1) is 12.7 Å². The summed E-state index contributed by atoms with van der Waals surface area (Å²) in [4.78, 5) is 11.4. The highest BCUT2D eigenvalue weighted by Crippen LogP contribution is 2.24. The number of aryl methyl sites for hydroxylation is 1. The molecule has 0 aliphatic carbocycles. The van der Waals surface area contributed by atoms with E-state index in [2.05, 4.69) is 21.2 Å². The highest BCUT2D eigenvalue weighted by atomic mass is 79.9. The summed E-state index contributed by atoms with van der Waals surface area (Å²) in [5.41, 5.74) is 1.45. The number of anilines is 1. The van der Waals surface area contributed by atoms with Crippen LogP contribution in [0.2, 0.25) is 0 Å². The molecule has 1 rings (SSSR count). The van der Waals surface area contributed by atoms with Crippen molar-refractivity contribution in [2.45, 2.75) is 26.8 Å². The second-order valence-corrected chi connectivity index (χ2v) is 4.55. The lowest BCUT2D eigenvalue weighted by Gasteiger charge is -2.16. The van der Waals surface area contributed by atoms with Crippen molar-refractivity contribution in [3.05, 3.63) is 28.0 Å². The van der Waals surface area contributed by atoms with Gasteiger partial charge in [-0.05, 0) is 54.4 Å². The minimum Gasteiger partial charge on any atom is -0.464 e. The SMILES string of the molecule is CCOC(=O)C(C)Nc1cc(F)c(Br)cc1C. The van der Waals surface area contributed by atoms with Crippen molar-refractivity contribution in [2.75, 3.05) is 11.9 Å². The monoisotopic (exact) mass is 303 g/mol. The van der Waals surface area contributed by atoms with Gasteiger partial charge in [0.05, 0.1) is 11.1 Å². The molecule has 0 aromatic heterocycles. The second-order valence-electron chi connectivity index (χ2n) is 3.70. The van der Waals surface area contributed by atoms with Crippen LogP contribution < -0.4 is 5.32 Å². The molecule has 0 heterocycles. The fraction of sp³-hybridized carbons (Fsp3) is 0.417. The minimum atomic E-state index is -0.505. The Morgan fingerprint density at radius 2 is 2.24 bits per heavy atom. The molecule has 1 N–H and O–H groups in total. The maximum absolute atomic E-state index is 13.4. The van der Waals surface area contributed by atoms with Crippen LogP contribution in [0.4, 0.5) is 10.1 Å². The Morgan fingerprint density at radius 3 is 2.82 bits per heavy atom. The molecule has 0 aliphatic rings. The van der Waals surface area contributed by atoms with Crippen LogP contribution in [0.25, 0.3) is 0 Å². The Balaban J connectivity index is 2.81. The molecule has 0 spiro atoms. The Bertz CT molecular complexity index is 423. The Labute approximate surface area is 108 Å². The summed E-state index contributed by atoms with van der Waals surface area (Å²) < 4.78 is 18.6. The van der Waals surface area contributed by atoms with Crippen molar-refractivity contribution >= 4 is 27.6 Å². The number of carbonyl (C=O) groups excluding carboxylic acids is 1. The van der Waals surface area contributed by atoms with Crippen LogP contribution >= 0.6 is 15.9 Å². The van der Waals surface area contributed by atoms with E-state index >= 15 is 0 Å². The fourth-order valence-electron chi connectivity index (χ4n) is 1.36. The van der Waals surface area contributed by atoms with Crippen molar-refractivity contribution in [1.29, 1.82) is 0 Å². The van der Waals surface area contributed by atoms with Gasteiger partial charge < -0.3 is 10.1 Å². The number of nitrogens with one attached hydrogen (secondary N) is 1. The summed E-state index contributed by atoms with van der Waals surface area (Å²) in [6.45, 7) is 5.59. The first-order chi connectivity index (χ1) is 7.95. The lowest BCUT2D eigenvalue weighted by atomic mass is 10.2. The lowest BCUT2D eigenvalue weighted by molar-refractivity contribution is -0.143. The van der Waals surface area contributed by atoms with Gasteiger partial charge >= 0.3 is 5.97 Å². The number of halogens is 2. The average molecular weight is 304 g/mol. The zero-order valence-corrected chi connectivity index (χ0v) is 11.6. The average Bonchev–Trinajstić information content (AvgIpc) is 2.26. The largest absolute Gasteiger partial charge is 0.464 e. The van der Waals surface area contributed by atoms with E-state index in [1.807, 2.05) is 6.92 Å². The van der Waals surface area contributed by atoms with Crippen molar-refractivity contribution in [3.63, 3.8) is 0 Å². The topological polar surface area (TPSA) is 38.3 Å². The maximum Gasteiger partial charge on any atom is 0.328 e. The van der Waals surface area contributed by atoms with E-state index in [-0.39, 0.29) is 11.8 Å². The lowest BCUT2D eigenvalue weighted by Crippen LogP contribution is -2.28. The molecule has 0 amide bonds. The molecule has 0 fully saturated rings. The zero-order valence-electron chi connectivity index (χ0n) is 10.0. The van der Waals surface area contributed by atoms with Crippen LogP contribution in [0.15, 0.2) is 16.6 Å². The van der Waals surface area contributed by atoms with Gasteiger partial charge in [-0.15, -0.1) is 0 Å². The Kier molecular flexibility index (Phi) is 4.93. The van der Waals surface area contributed by atoms with Crippen molar-refractivity contribution < 1.29 is 13.9 Å². The highest BCUT2D eigenvalue weighted by molar-refractivity contribution is 9.10. The van der Waals surface area contributed by atoms with Crippen molar-refractivity contribution in [2.24, 2.45) is 0 Å². The molecule has 0 saturated carbocycles. The molecule has 94 valence electrons. The third-order valence-corrected chi connectivity index (χ3v) is 2.89. The van der Waals surface area contributed by atoms with Gasteiger partial charge in [-0.25, -0.2) is 9.18 Å². The molecule has 1 unspecified atom stereocenters. The fourth-order valence-corrected chi connectivity index (χ4v) is 1.82. The van der Waals surface area contributed by atoms with Gasteiger partial charge in [0, 0.05) is 5.69 Å². The third-order valence-electron chi connectivity index (χ3n) is 2.28. The molecule has 0 radical (unpaired) electrons. The molecule has 0 saturated heterocycles. The van der Waals surface area contributed by atoms with Gasteiger partial charge in [0.25, 0.3) is 0 Å². The molecule has 0 aliphatic heterocycles. The summed E-state index contributed by atoms with van der Waals surface area (Å²) in [6, 6.07) is 2.51. The number of benzene rings is 1. The van der Waals surface area contributed by atoms with Gasteiger partial charge in [-0.2, -0.15) is 0 Å². The molecule has 1 aromatic rings. The Morgan fingerprint density at radius 1 is 1.59 bits per heavy atom. The summed E-state index contributed by atoms with van der Waals surface area (Å²) in [5, 5.41) is 2.93. The standard InChI is InChI=1S/C12H15BrFNO2/c1-4-17-12(16)8(3)15-11-6-10(14)9(13)5-7(11)2/h5-6,8,15H,4H2,1-3H3. The van der Waals surface area contributed by atoms with Crippen molar-refractivity contribution in [3.8, 4) is 0 Å². The van der Waals surface area contributed by atoms with E-state index in [1.54, 1.807) is 19.9 Å². The van der Waals surface area contributed by atoms with E-state index in [1.165, 1.54) is 6.07 Å². The predicted octanol–water partition coefficient (Wildman–Crippen LogP) is 3.26. The van der Waals surface area contributed by atoms with Crippen molar-refractivity contribution in [1.82, 2.24) is 0 Å². The quantitative estimate of drug-likeness (QED) is 0.868. The first-order valence-corrected chi connectivity index (χ1v) is 6.13. The predicted molar refractivity (Wildman–Crippen MR) is 68.6 cm³/mol. The van der Waals surface area contributed by atoms with Gasteiger partial charge in [-0.1, -0.05) is 0 Å². The maximum atomic E-state index is 13.4. The number of esters is 1. The molecule has 1 atom stereocenters.